The number of benzene rings is 3. The van der Waals surface area contributed by atoms with Crippen molar-refractivity contribution in [3.05, 3.63) is 87.4 Å². The lowest BCUT2D eigenvalue weighted by Crippen LogP contribution is -2.17. The van der Waals surface area contributed by atoms with Crippen molar-refractivity contribution in [1.29, 1.82) is 0 Å². The number of aryl methyl sites for hydroxylation is 1. The third-order valence-electron chi connectivity index (χ3n) is 5.15. The molecule has 0 radical (unpaired) electrons. The van der Waals surface area contributed by atoms with Crippen molar-refractivity contribution in [2.45, 2.75) is 32.6 Å². The van der Waals surface area contributed by atoms with Gasteiger partial charge in [0.1, 0.15) is 0 Å². The summed E-state index contributed by atoms with van der Waals surface area (Å²) in [5, 5.41) is 3.66. The number of anilines is 1. The Morgan fingerprint density at radius 3 is 2.22 bits per heavy atom. The molecule has 0 aliphatic carbocycles. The van der Waals surface area contributed by atoms with Crippen molar-refractivity contribution in [2.75, 3.05) is 12.4 Å². The molecule has 0 aromatic heterocycles. The van der Waals surface area contributed by atoms with Crippen LogP contribution in [0.15, 0.2) is 60.7 Å². The van der Waals surface area contributed by atoms with Crippen LogP contribution in [0.3, 0.4) is 0 Å². The van der Waals surface area contributed by atoms with Gasteiger partial charge in [-0.25, -0.2) is 4.79 Å². The zero-order valence-electron chi connectivity index (χ0n) is 18.1. The van der Waals surface area contributed by atoms with Crippen LogP contribution >= 0.6 is 23.2 Å². The van der Waals surface area contributed by atoms with Crippen molar-refractivity contribution in [1.82, 2.24) is 0 Å². The van der Waals surface area contributed by atoms with Gasteiger partial charge in [0.05, 0.1) is 34.8 Å². The average Bonchev–Trinajstić information content (AvgIpc) is 2.80. The predicted octanol–water partition coefficient (Wildman–Crippen LogP) is 6.97. The Bertz CT molecular complexity index is 1110. The number of ether oxygens (including phenoxy) is 1. The smallest absolute Gasteiger partial charge is 0.339 e. The predicted molar refractivity (Wildman–Crippen MR) is 131 cm³/mol. The van der Waals surface area contributed by atoms with Gasteiger partial charge in [-0.2, -0.15) is 0 Å². The number of hydrogen-bond acceptors (Lipinski definition) is 3. The molecule has 3 aromatic carbocycles. The third-order valence-corrected chi connectivity index (χ3v) is 5.89. The molecular formula is C26H25Cl2NO3. The lowest BCUT2D eigenvalue weighted by atomic mass is 9.99. The number of carbonyl (C=O) groups excluding carboxylic acids is 2. The number of hydrogen-bond donors (Lipinski definition) is 1. The van der Waals surface area contributed by atoms with Gasteiger partial charge in [0.2, 0.25) is 5.91 Å². The molecule has 166 valence electrons. The van der Waals surface area contributed by atoms with Gasteiger partial charge in [0, 0.05) is 0 Å². The molecular weight excluding hydrogens is 445 g/mol. The summed E-state index contributed by atoms with van der Waals surface area (Å²) in [6.45, 7) is 2.18. The van der Waals surface area contributed by atoms with Crippen LogP contribution in [0.5, 0.6) is 0 Å². The van der Waals surface area contributed by atoms with E-state index in [1.165, 1.54) is 12.7 Å². The minimum Gasteiger partial charge on any atom is -0.465 e. The van der Waals surface area contributed by atoms with E-state index in [1.54, 1.807) is 30.3 Å². The molecule has 0 bridgehead atoms. The number of carbonyl (C=O) groups is 2. The zero-order chi connectivity index (χ0) is 23.1. The van der Waals surface area contributed by atoms with Crippen molar-refractivity contribution < 1.29 is 14.3 Å². The number of nitrogens with one attached hydrogen (secondary N) is 1. The lowest BCUT2D eigenvalue weighted by molar-refractivity contribution is -0.115. The van der Waals surface area contributed by atoms with Crippen molar-refractivity contribution >= 4 is 40.8 Å². The summed E-state index contributed by atoms with van der Waals surface area (Å²) in [7, 11) is 1.31. The minimum atomic E-state index is -0.517. The molecule has 0 saturated carbocycles. The maximum absolute atomic E-state index is 12.7. The summed E-state index contributed by atoms with van der Waals surface area (Å²) in [5.74, 6) is -0.795. The summed E-state index contributed by atoms with van der Waals surface area (Å²) in [4.78, 5) is 24.9. The minimum absolute atomic E-state index is 0.0911. The number of methoxy groups -OCH3 is 1. The van der Waals surface area contributed by atoms with Crippen LogP contribution in [0.4, 0.5) is 5.69 Å². The van der Waals surface area contributed by atoms with E-state index in [4.69, 9.17) is 27.9 Å². The molecule has 32 heavy (non-hydrogen) atoms. The number of rotatable bonds is 8. The van der Waals surface area contributed by atoms with E-state index >= 15 is 0 Å². The van der Waals surface area contributed by atoms with E-state index in [1.807, 2.05) is 6.07 Å². The normalized spacial score (nSPS) is 10.6. The van der Waals surface area contributed by atoms with Crippen molar-refractivity contribution in [2.24, 2.45) is 0 Å². The largest absolute Gasteiger partial charge is 0.465 e. The Balaban J connectivity index is 1.84. The molecule has 0 unspecified atom stereocenters. The van der Waals surface area contributed by atoms with E-state index in [9.17, 15) is 9.59 Å². The topological polar surface area (TPSA) is 55.4 Å². The average molecular weight is 470 g/mol. The number of amides is 1. The monoisotopic (exact) mass is 469 g/mol. The van der Waals surface area contributed by atoms with E-state index < -0.39 is 5.97 Å². The van der Waals surface area contributed by atoms with Gasteiger partial charge in [-0.3, -0.25) is 4.79 Å². The van der Waals surface area contributed by atoms with Crippen LogP contribution < -0.4 is 5.32 Å². The second kappa shape index (κ2) is 11.2. The molecule has 0 fully saturated rings. The first-order valence-corrected chi connectivity index (χ1v) is 11.2. The van der Waals surface area contributed by atoms with Gasteiger partial charge in [0.15, 0.2) is 0 Å². The third kappa shape index (κ3) is 6.12. The highest BCUT2D eigenvalue weighted by Gasteiger charge is 2.16. The maximum Gasteiger partial charge on any atom is 0.339 e. The summed E-state index contributed by atoms with van der Waals surface area (Å²) in [5.41, 5.74) is 4.59. The van der Waals surface area contributed by atoms with Gasteiger partial charge in [-0.15, -0.1) is 0 Å². The molecule has 0 saturated heterocycles. The fraction of sp³-hybridized carbons (Fsp3) is 0.231. The molecule has 3 rings (SSSR count). The standard InChI is InChI=1S/C26H25Cl2NO3/c1-3-4-5-17-6-9-19(10-7-17)20-11-12-21(26(31)32-2)24(16-20)29-25(30)15-18-8-13-22(27)23(28)14-18/h6-14,16H,3-5,15H2,1-2H3,(H,29,30). The highest BCUT2D eigenvalue weighted by atomic mass is 35.5. The van der Waals surface area contributed by atoms with Gasteiger partial charge in [-0.05, 0) is 59.4 Å². The molecule has 3 aromatic rings. The maximum atomic E-state index is 12.7. The summed E-state index contributed by atoms with van der Waals surface area (Å²) in [6.07, 6.45) is 3.45. The molecule has 0 heterocycles. The molecule has 1 amide bonds. The Labute approximate surface area is 198 Å². The SMILES string of the molecule is CCCCc1ccc(-c2ccc(C(=O)OC)c(NC(=O)Cc3ccc(Cl)c(Cl)c3)c2)cc1. The summed E-state index contributed by atoms with van der Waals surface area (Å²) in [6, 6.07) is 18.7. The molecule has 0 aliphatic heterocycles. The molecule has 0 aliphatic rings. The Morgan fingerprint density at radius 2 is 1.56 bits per heavy atom. The van der Waals surface area contributed by atoms with E-state index in [-0.39, 0.29) is 12.3 Å². The first kappa shape index (κ1) is 23.8. The lowest BCUT2D eigenvalue weighted by Gasteiger charge is -2.13. The molecule has 0 atom stereocenters. The molecule has 6 heteroatoms. The first-order chi connectivity index (χ1) is 15.4. The number of unbranched alkanes of at least 4 members (excludes halogenated alkanes) is 1. The van der Waals surface area contributed by atoms with Gasteiger partial charge in [0.25, 0.3) is 0 Å². The summed E-state index contributed by atoms with van der Waals surface area (Å²) >= 11 is 12.0. The molecule has 4 nitrogen and oxygen atoms in total. The van der Waals surface area contributed by atoms with Crippen LogP contribution in [-0.4, -0.2) is 19.0 Å². The Kier molecular flexibility index (Phi) is 8.32. The van der Waals surface area contributed by atoms with Crippen molar-refractivity contribution in [3.8, 4) is 11.1 Å². The van der Waals surface area contributed by atoms with Gasteiger partial charge in [-0.1, -0.05) is 72.9 Å². The number of halogens is 2. The zero-order valence-corrected chi connectivity index (χ0v) is 19.6. The van der Waals surface area contributed by atoms with Crippen LogP contribution in [0.2, 0.25) is 10.0 Å². The summed E-state index contributed by atoms with van der Waals surface area (Å²) < 4.78 is 4.88. The Hall–Kier alpha value is -2.82. The quantitative estimate of drug-likeness (QED) is 0.362. The van der Waals surface area contributed by atoms with Crippen LogP contribution in [0, 0.1) is 0 Å². The first-order valence-electron chi connectivity index (χ1n) is 10.5. The van der Waals surface area contributed by atoms with Gasteiger partial charge >= 0.3 is 5.97 Å². The van der Waals surface area contributed by atoms with E-state index in [2.05, 4.69) is 36.5 Å². The Morgan fingerprint density at radius 1 is 0.875 bits per heavy atom. The van der Waals surface area contributed by atoms with E-state index in [0.29, 0.717) is 21.3 Å². The highest BCUT2D eigenvalue weighted by molar-refractivity contribution is 6.42. The van der Waals surface area contributed by atoms with Crippen molar-refractivity contribution in [3.63, 3.8) is 0 Å². The van der Waals surface area contributed by atoms with Crippen LogP contribution in [0.25, 0.3) is 11.1 Å². The van der Waals surface area contributed by atoms with E-state index in [0.717, 1.165) is 36.0 Å². The highest BCUT2D eigenvalue weighted by Crippen LogP contribution is 2.28. The second-order valence-electron chi connectivity index (χ2n) is 7.53. The fourth-order valence-corrected chi connectivity index (χ4v) is 3.71. The van der Waals surface area contributed by atoms with Crippen LogP contribution in [0.1, 0.15) is 41.3 Å². The molecule has 0 spiro atoms. The van der Waals surface area contributed by atoms with Crippen LogP contribution in [-0.2, 0) is 22.4 Å². The van der Waals surface area contributed by atoms with Gasteiger partial charge < -0.3 is 10.1 Å². The fourth-order valence-electron chi connectivity index (χ4n) is 3.39. The molecule has 1 N–H and O–H groups in total. The second-order valence-corrected chi connectivity index (χ2v) is 8.34. The number of esters is 1.